The molecule has 0 bridgehead atoms. The Morgan fingerprint density at radius 3 is 2.35 bits per heavy atom. The number of hydrogen-bond acceptors (Lipinski definition) is 3. The fourth-order valence-corrected chi connectivity index (χ4v) is 3.00. The Morgan fingerprint density at radius 1 is 1.17 bits per heavy atom. The average molecular weight is 323 g/mol. The molecular weight excluding hydrogens is 308 g/mol. The minimum absolute atomic E-state index is 0.0544. The highest BCUT2D eigenvalue weighted by Crippen LogP contribution is 2.29. The molecule has 2 heterocycles. The number of nitrogens with one attached hydrogen (secondary N) is 1. The van der Waals surface area contributed by atoms with Gasteiger partial charge in [-0.05, 0) is 31.0 Å². The largest absolute Gasteiger partial charge is 0.338 e. The van der Waals surface area contributed by atoms with Crippen LogP contribution in [-0.4, -0.2) is 53.3 Å². The highest BCUT2D eigenvalue weighted by molar-refractivity contribution is 6.07. The van der Waals surface area contributed by atoms with Crippen LogP contribution in [0.1, 0.15) is 23.2 Å². The molecule has 2 aliphatic heterocycles. The topological polar surface area (TPSA) is 69.7 Å². The second kappa shape index (κ2) is 5.29. The molecule has 0 aliphatic carbocycles. The maximum absolute atomic E-state index is 13.2. The van der Waals surface area contributed by atoms with Crippen LogP contribution in [0.3, 0.4) is 0 Å². The summed E-state index contributed by atoms with van der Waals surface area (Å²) in [6, 6.07) is 2.54. The normalized spacial score (nSPS) is 20.1. The average Bonchev–Trinajstić information content (AvgIpc) is 2.74. The first-order chi connectivity index (χ1) is 10.8. The van der Waals surface area contributed by atoms with Crippen molar-refractivity contribution in [1.29, 1.82) is 0 Å². The van der Waals surface area contributed by atoms with E-state index in [4.69, 9.17) is 0 Å². The molecule has 2 saturated heterocycles. The summed E-state index contributed by atoms with van der Waals surface area (Å²) >= 11 is 0. The van der Waals surface area contributed by atoms with Crippen molar-refractivity contribution in [2.45, 2.75) is 18.4 Å². The van der Waals surface area contributed by atoms with E-state index in [0.29, 0.717) is 0 Å². The molecule has 1 spiro atoms. The number of hydrogen-bond donors (Lipinski definition) is 1. The van der Waals surface area contributed by atoms with E-state index in [0.717, 1.165) is 17.0 Å². The Labute approximate surface area is 131 Å². The monoisotopic (exact) mass is 323 g/mol. The van der Waals surface area contributed by atoms with Crippen LogP contribution in [0.5, 0.6) is 0 Å². The van der Waals surface area contributed by atoms with Crippen LogP contribution < -0.4 is 5.32 Å². The zero-order chi connectivity index (χ0) is 16.8. The molecule has 122 valence electrons. The predicted octanol–water partition coefficient (Wildman–Crippen LogP) is 1.12. The number of rotatable bonds is 1. The van der Waals surface area contributed by atoms with Crippen LogP contribution in [0, 0.1) is 11.6 Å². The van der Waals surface area contributed by atoms with Crippen molar-refractivity contribution in [3.05, 3.63) is 35.4 Å². The summed E-state index contributed by atoms with van der Waals surface area (Å²) in [7, 11) is 1.41. The Hall–Kier alpha value is -2.51. The fraction of sp³-hybridized carbons (Fsp3) is 0.400. The molecule has 1 aromatic rings. The van der Waals surface area contributed by atoms with Gasteiger partial charge >= 0.3 is 6.03 Å². The van der Waals surface area contributed by atoms with Crippen molar-refractivity contribution in [2.75, 3.05) is 20.1 Å². The van der Waals surface area contributed by atoms with Crippen molar-refractivity contribution in [3.63, 3.8) is 0 Å². The van der Waals surface area contributed by atoms with E-state index in [1.54, 1.807) is 0 Å². The lowest BCUT2D eigenvalue weighted by atomic mass is 9.87. The second-order valence-corrected chi connectivity index (χ2v) is 5.80. The zero-order valence-electron chi connectivity index (χ0n) is 12.4. The number of benzene rings is 1. The number of carbonyl (C=O) groups is 3. The molecule has 8 heteroatoms. The highest BCUT2D eigenvalue weighted by atomic mass is 19.2. The van der Waals surface area contributed by atoms with Gasteiger partial charge in [0, 0.05) is 25.7 Å². The molecule has 1 aromatic carbocycles. The minimum Gasteiger partial charge on any atom is -0.338 e. The van der Waals surface area contributed by atoms with Gasteiger partial charge in [-0.2, -0.15) is 0 Å². The third-order valence-corrected chi connectivity index (χ3v) is 4.44. The van der Waals surface area contributed by atoms with E-state index in [1.807, 2.05) is 0 Å². The van der Waals surface area contributed by atoms with Crippen molar-refractivity contribution < 1.29 is 23.2 Å². The third kappa shape index (κ3) is 2.43. The maximum atomic E-state index is 13.2. The van der Waals surface area contributed by atoms with Gasteiger partial charge in [-0.3, -0.25) is 14.5 Å². The molecule has 0 unspecified atom stereocenters. The molecule has 1 N–H and O–H groups in total. The molecule has 23 heavy (non-hydrogen) atoms. The first-order valence-electron chi connectivity index (χ1n) is 7.19. The number of likely N-dealkylation sites (N-methyl/N-ethyl adjacent to an activating group) is 1. The van der Waals surface area contributed by atoms with Crippen molar-refractivity contribution >= 4 is 17.8 Å². The van der Waals surface area contributed by atoms with Crippen LogP contribution >= 0.6 is 0 Å². The zero-order valence-corrected chi connectivity index (χ0v) is 12.4. The van der Waals surface area contributed by atoms with Crippen LogP contribution in [0.25, 0.3) is 0 Å². The summed E-state index contributed by atoms with van der Waals surface area (Å²) in [5, 5.41) is 2.67. The Kier molecular flexibility index (Phi) is 3.54. The van der Waals surface area contributed by atoms with Gasteiger partial charge in [0.15, 0.2) is 11.6 Å². The predicted molar refractivity (Wildman–Crippen MR) is 75.5 cm³/mol. The molecule has 0 saturated carbocycles. The summed E-state index contributed by atoms with van der Waals surface area (Å²) in [4.78, 5) is 38.6. The Balaban J connectivity index is 1.72. The number of imide groups is 1. The van der Waals surface area contributed by atoms with Gasteiger partial charge in [-0.25, -0.2) is 13.6 Å². The second-order valence-electron chi connectivity index (χ2n) is 5.80. The Morgan fingerprint density at radius 2 is 1.83 bits per heavy atom. The van der Waals surface area contributed by atoms with E-state index in [-0.39, 0.29) is 37.4 Å². The van der Waals surface area contributed by atoms with E-state index in [1.165, 1.54) is 18.0 Å². The number of likely N-dealkylation sites (tertiary alicyclic amines) is 1. The number of halogens is 2. The molecule has 4 amide bonds. The third-order valence-electron chi connectivity index (χ3n) is 4.44. The molecular formula is C15H15F2N3O3. The molecule has 6 nitrogen and oxygen atoms in total. The van der Waals surface area contributed by atoms with Gasteiger partial charge < -0.3 is 10.2 Å². The maximum Gasteiger partial charge on any atom is 0.324 e. The van der Waals surface area contributed by atoms with E-state index >= 15 is 0 Å². The lowest BCUT2D eigenvalue weighted by Crippen LogP contribution is -2.55. The van der Waals surface area contributed by atoms with E-state index in [2.05, 4.69) is 5.32 Å². The number of urea groups is 1. The summed E-state index contributed by atoms with van der Waals surface area (Å²) in [5.41, 5.74) is -0.907. The van der Waals surface area contributed by atoms with E-state index in [9.17, 15) is 23.2 Å². The molecule has 3 rings (SSSR count). The summed E-state index contributed by atoms with van der Waals surface area (Å²) < 4.78 is 26.2. The lowest BCUT2D eigenvalue weighted by molar-refractivity contribution is -0.131. The molecule has 2 aliphatic rings. The number of carbonyl (C=O) groups excluding carboxylic acids is 3. The fourth-order valence-electron chi connectivity index (χ4n) is 3.00. The van der Waals surface area contributed by atoms with Crippen molar-refractivity contribution in [3.8, 4) is 0 Å². The van der Waals surface area contributed by atoms with Gasteiger partial charge in [0.25, 0.3) is 11.8 Å². The lowest BCUT2D eigenvalue weighted by Gasteiger charge is -2.37. The van der Waals surface area contributed by atoms with Crippen LogP contribution in [0.15, 0.2) is 18.2 Å². The van der Waals surface area contributed by atoms with Gasteiger partial charge in [0.1, 0.15) is 5.54 Å². The van der Waals surface area contributed by atoms with Crippen molar-refractivity contribution in [2.24, 2.45) is 0 Å². The standard InChI is InChI=1S/C15H15F2N3O3/c1-19-13(22)15(18-14(19)23)4-6-20(7-5-15)12(21)9-2-3-10(16)11(17)8-9/h2-3,8H,4-7H2,1H3,(H,18,23). The molecule has 0 radical (unpaired) electrons. The number of amides is 4. The molecule has 2 fully saturated rings. The highest BCUT2D eigenvalue weighted by Gasteiger charge is 2.51. The summed E-state index contributed by atoms with van der Waals surface area (Å²) in [5.74, 6) is -2.82. The molecule has 0 aromatic heterocycles. The van der Waals surface area contributed by atoms with Gasteiger partial charge in [-0.15, -0.1) is 0 Å². The smallest absolute Gasteiger partial charge is 0.324 e. The SMILES string of the molecule is CN1C(=O)NC2(CCN(C(=O)c3ccc(F)c(F)c3)CC2)C1=O. The van der Waals surface area contributed by atoms with Crippen LogP contribution in [0.4, 0.5) is 13.6 Å². The minimum atomic E-state index is -1.08. The Bertz CT molecular complexity index is 699. The van der Waals surface area contributed by atoms with Crippen LogP contribution in [-0.2, 0) is 4.79 Å². The van der Waals surface area contributed by atoms with E-state index < -0.39 is 29.1 Å². The van der Waals surface area contributed by atoms with Gasteiger partial charge in [0.05, 0.1) is 0 Å². The first kappa shape index (κ1) is 15.4. The quantitative estimate of drug-likeness (QED) is 0.788. The summed E-state index contributed by atoms with van der Waals surface area (Å²) in [6.07, 6.45) is 0.578. The molecule has 0 atom stereocenters. The van der Waals surface area contributed by atoms with Crippen molar-refractivity contribution in [1.82, 2.24) is 15.1 Å². The van der Waals surface area contributed by atoms with Crippen LogP contribution in [0.2, 0.25) is 0 Å². The summed E-state index contributed by atoms with van der Waals surface area (Å²) in [6.45, 7) is 0.495. The van der Waals surface area contributed by atoms with Gasteiger partial charge in [-0.1, -0.05) is 0 Å². The first-order valence-corrected chi connectivity index (χ1v) is 7.19. The number of nitrogens with zero attached hydrogens (tertiary/aromatic N) is 2. The van der Waals surface area contributed by atoms with Gasteiger partial charge in [0.2, 0.25) is 0 Å². The number of piperidine rings is 1.